The van der Waals surface area contributed by atoms with E-state index in [-0.39, 0.29) is 23.1 Å². The number of carbonyl (C=O) groups is 1. The highest BCUT2D eigenvalue weighted by Crippen LogP contribution is 2.22. The minimum absolute atomic E-state index is 0.0252. The zero-order chi connectivity index (χ0) is 21.2. The molecule has 0 fully saturated rings. The molecule has 1 unspecified atom stereocenters. The largest absolute Gasteiger partial charge is 0.337 e. The number of rotatable bonds is 7. The van der Waals surface area contributed by atoms with E-state index >= 15 is 0 Å². The zero-order valence-corrected chi connectivity index (χ0v) is 17.8. The summed E-state index contributed by atoms with van der Waals surface area (Å²) >= 11 is 1.23. The number of hydrogen-bond donors (Lipinski definition) is 1. The van der Waals surface area contributed by atoms with Crippen LogP contribution in [0.25, 0.3) is 16.7 Å². The molecule has 0 saturated heterocycles. The zero-order valence-electron chi connectivity index (χ0n) is 17.0. The molecule has 1 N–H and O–H groups in total. The van der Waals surface area contributed by atoms with E-state index < -0.39 is 5.54 Å². The Morgan fingerprint density at radius 3 is 2.72 bits per heavy atom. The van der Waals surface area contributed by atoms with Crippen LogP contribution in [0.1, 0.15) is 34.1 Å². The van der Waals surface area contributed by atoms with Gasteiger partial charge in [0, 0.05) is 6.54 Å². The molecule has 2 heterocycles. The van der Waals surface area contributed by atoms with Crippen molar-refractivity contribution >= 4 is 34.3 Å². The molecule has 3 aromatic rings. The van der Waals surface area contributed by atoms with Crippen LogP contribution in [-0.2, 0) is 11.3 Å². The Bertz CT molecular complexity index is 1160. The van der Waals surface area contributed by atoms with Crippen LogP contribution in [0.2, 0.25) is 0 Å². The third-order valence-electron chi connectivity index (χ3n) is 5.04. The molecule has 0 bridgehead atoms. The fraction of sp³-hybridized carbons (Fsp3) is 0.450. The van der Waals surface area contributed by atoms with Gasteiger partial charge in [0.05, 0.1) is 22.7 Å². The number of fused-ring (bicyclic) bond motifs is 3. The third kappa shape index (κ3) is 3.85. The van der Waals surface area contributed by atoms with E-state index in [2.05, 4.69) is 21.6 Å². The van der Waals surface area contributed by atoms with Gasteiger partial charge in [-0.3, -0.25) is 18.6 Å². The first-order valence-electron chi connectivity index (χ1n) is 9.54. The van der Waals surface area contributed by atoms with Gasteiger partial charge in [-0.05, 0) is 31.4 Å². The molecule has 0 aliphatic rings. The lowest BCUT2D eigenvalue weighted by Crippen LogP contribution is -2.49. The molecule has 3 rings (SSSR count). The van der Waals surface area contributed by atoms with Crippen LogP contribution < -0.4 is 10.9 Å². The van der Waals surface area contributed by atoms with Crippen molar-refractivity contribution in [2.45, 2.75) is 51.4 Å². The number of hydrogen-bond acceptors (Lipinski definition) is 6. The monoisotopic (exact) mass is 412 g/mol. The second kappa shape index (κ2) is 8.25. The summed E-state index contributed by atoms with van der Waals surface area (Å²) in [5.74, 6) is 0.271. The summed E-state index contributed by atoms with van der Waals surface area (Å²) in [6.45, 7) is 8.02. The van der Waals surface area contributed by atoms with Gasteiger partial charge >= 0.3 is 0 Å². The first-order chi connectivity index (χ1) is 13.8. The van der Waals surface area contributed by atoms with Crippen LogP contribution in [0.15, 0.2) is 34.2 Å². The van der Waals surface area contributed by atoms with E-state index in [1.54, 1.807) is 17.6 Å². The Morgan fingerprint density at radius 2 is 2.07 bits per heavy atom. The van der Waals surface area contributed by atoms with Gasteiger partial charge in [-0.15, -0.1) is 10.2 Å². The van der Waals surface area contributed by atoms with Crippen LogP contribution >= 0.6 is 11.8 Å². The maximum atomic E-state index is 12.8. The standard InChI is InChI=1S/C20H24N6O2S/c1-5-10-25-17(28)14-8-6-7-9-15(14)26-18(25)23-24-19(26)29-11-16(27)22-20(4,12-21)13(2)3/h6-9,13H,5,10-11H2,1-4H3,(H,22,27). The molecule has 152 valence electrons. The van der Waals surface area contributed by atoms with Crippen molar-refractivity contribution in [1.29, 1.82) is 5.26 Å². The first-order valence-corrected chi connectivity index (χ1v) is 10.5. The Kier molecular flexibility index (Phi) is 5.94. The van der Waals surface area contributed by atoms with E-state index in [0.29, 0.717) is 28.4 Å². The number of nitriles is 1. The minimum atomic E-state index is -0.932. The predicted molar refractivity (Wildman–Crippen MR) is 113 cm³/mol. The quantitative estimate of drug-likeness (QED) is 0.598. The molecule has 2 aromatic heterocycles. The van der Waals surface area contributed by atoms with Crippen LogP contribution in [0.3, 0.4) is 0 Å². The van der Waals surface area contributed by atoms with E-state index in [0.717, 1.165) is 6.42 Å². The van der Waals surface area contributed by atoms with Crippen LogP contribution in [0.5, 0.6) is 0 Å². The summed E-state index contributed by atoms with van der Waals surface area (Å²) in [6.07, 6.45) is 0.785. The van der Waals surface area contributed by atoms with Gasteiger partial charge in [0.15, 0.2) is 5.16 Å². The lowest BCUT2D eigenvalue weighted by atomic mass is 9.90. The molecule has 0 spiro atoms. The van der Waals surface area contributed by atoms with E-state index in [4.69, 9.17) is 0 Å². The second-order valence-corrected chi connectivity index (χ2v) is 8.34. The molecule has 1 atom stereocenters. The topological polar surface area (TPSA) is 105 Å². The molecule has 0 radical (unpaired) electrons. The highest BCUT2D eigenvalue weighted by atomic mass is 32.2. The Morgan fingerprint density at radius 1 is 1.34 bits per heavy atom. The molecule has 8 nitrogen and oxygen atoms in total. The van der Waals surface area contributed by atoms with Crippen LogP contribution in [0, 0.1) is 17.2 Å². The van der Waals surface area contributed by atoms with Crippen molar-refractivity contribution in [3.8, 4) is 6.07 Å². The fourth-order valence-electron chi connectivity index (χ4n) is 3.01. The number of nitrogens with zero attached hydrogens (tertiary/aromatic N) is 5. The van der Waals surface area contributed by atoms with Crippen molar-refractivity contribution in [1.82, 2.24) is 24.5 Å². The van der Waals surface area contributed by atoms with E-state index in [1.807, 2.05) is 43.4 Å². The number of aromatic nitrogens is 4. The summed E-state index contributed by atoms with van der Waals surface area (Å²) in [5, 5.41) is 21.7. The van der Waals surface area contributed by atoms with Gasteiger partial charge in [0.1, 0.15) is 5.54 Å². The number of amides is 1. The Hall–Kier alpha value is -2.86. The SMILES string of the molecule is CCCn1c(=O)c2ccccc2n2c(SCC(=O)NC(C)(C#N)C(C)C)nnc12. The molecule has 0 saturated carbocycles. The lowest BCUT2D eigenvalue weighted by molar-refractivity contribution is -0.120. The van der Waals surface area contributed by atoms with Crippen LogP contribution in [0.4, 0.5) is 0 Å². The normalized spacial score (nSPS) is 13.5. The number of benzene rings is 1. The van der Waals surface area contributed by atoms with Crippen molar-refractivity contribution in [3.05, 3.63) is 34.6 Å². The van der Waals surface area contributed by atoms with Gasteiger partial charge in [-0.1, -0.05) is 44.7 Å². The first kappa shape index (κ1) is 20.9. The van der Waals surface area contributed by atoms with Crippen LogP contribution in [-0.4, -0.2) is 36.4 Å². The molecule has 0 aliphatic carbocycles. The molecule has 0 aliphatic heterocycles. The maximum absolute atomic E-state index is 12.8. The average molecular weight is 413 g/mol. The average Bonchev–Trinajstić information content (AvgIpc) is 3.13. The number of carbonyl (C=O) groups excluding carboxylic acids is 1. The highest BCUT2D eigenvalue weighted by molar-refractivity contribution is 7.99. The lowest BCUT2D eigenvalue weighted by Gasteiger charge is -2.27. The molecule has 1 amide bonds. The number of aryl methyl sites for hydroxylation is 1. The van der Waals surface area contributed by atoms with Crippen molar-refractivity contribution in [3.63, 3.8) is 0 Å². The fourth-order valence-corrected chi connectivity index (χ4v) is 3.75. The minimum Gasteiger partial charge on any atom is -0.337 e. The van der Waals surface area contributed by atoms with Gasteiger partial charge in [-0.2, -0.15) is 5.26 Å². The van der Waals surface area contributed by atoms with Gasteiger partial charge in [-0.25, -0.2) is 0 Å². The molecule has 9 heteroatoms. The van der Waals surface area contributed by atoms with Crippen molar-refractivity contribution in [2.75, 3.05) is 5.75 Å². The Balaban J connectivity index is 1.97. The number of nitrogens with one attached hydrogen (secondary N) is 1. The molecule has 1 aromatic carbocycles. The van der Waals surface area contributed by atoms with Gasteiger partial charge < -0.3 is 5.32 Å². The summed E-state index contributed by atoms with van der Waals surface area (Å²) in [5.41, 5.74) is -0.325. The van der Waals surface area contributed by atoms with E-state index in [1.165, 1.54) is 11.8 Å². The summed E-state index contributed by atoms with van der Waals surface area (Å²) < 4.78 is 3.43. The second-order valence-electron chi connectivity index (χ2n) is 7.40. The predicted octanol–water partition coefficient (Wildman–Crippen LogP) is 2.60. The molecule has 29 heavy (non-hydrogen) atoms. The third-order valence-corrected chi connectivity index (χ3v) is 5.97. The summed E-state index contributed by atoms with van der Waals surface area (Å²) in [4.78, 5) is 25.3. The van der Waals surface area contributed by atoms with Crippen molar-refractivity contribution in [2.24, 2.45) is 5.92 Å². The van der Waals surface area contributed by atoms with Crippen molar-refractivity contribution < 1.29 is 4.79 Å². The summed E-state index contributed by atoms with van der Waals surface area (Å²) in [7, 11) is 0. The van der Waals surface area contributed by atoms with Gasteiger partial charge in [0.2, 0.25) is 11.7 Å². The highest BCUT2D eigenvalue weighted by Gasteiger charge is 2.30. The molecular formula is C20H24N6O2S. The maximum Gasteiger partial charge on any atom is 0.262 e. The number of para-hydroxylation sites is 1. The Labute approximate surface area is 172 Å². The number of thioether (sulfide) groups is 1. The summed E-state index contributed by atoms with van der Waals surface area (Å²) in [6, 6.07) is 9.48. The molecular weight excluding hydrogens is 388 g/mol. The van der Waals surface area contributed by atoms with Gasteiger partial charge in [0.25, 0.3) is 5.56 Å². The van der Waals surface area contributed by atoms with E-state index in [9.17, 15) is 14.9 Å². The smallest absolute Gasteiger partial charge is 0.262 e.